The SMILES string of the molecule is COC(=O)c1c(N)c(C#N)cn1-c1ccc(N2CCS(=O)(=O)CC2)cc1. The molecule has 136 valence electrons. The van der Waals surface area contributed by atoms with Crippen molar-refractivity contribution in [2.24, 2.45) is 0 Å². The molecule has 2 heterocycles. The number of nitrogen functional groups attached to an aromatic ring is 1. The first kappa shape index (κ1) is 17.8. The van der Waals surface area contributed by atoms with Crippen LogP contribution < -0.4 is 10.6 Å². The number of carbonyl (C=O) groups is 1. The molecule has 1 aliphatic heterocycles. The minimum absolute atomic E-state index is 0.0738. The second kappa shape index (κ2) is 6.72. The standard InChI is InChI=1S/C17H18N4O4S/c1-25-17(22)16-15(19)12(10-18)11-21(16)14-4-2-13(3-5-14)20-6-8-26(23,24)9-7-20/h2-5,11H,6-9,19H2,1H3. The number of nitrogens with two attached hydrogens (primary N) is 1. The normalized spacial score (nSPS) is 16.1. The van der Waals surface area contributed by atoms with Crippen LogP contribution in [-0.2, 0) is 14.6 Å². The maximum absolute atomic E-state index is 12.0. The summed E-state index contributed by atoms with van der Waals surface area (Å²) in [6, 6.07) is 9.21. The molecule has 1 saturated heterocycles. The zero-order valence-corrected chi connectivity index (χ0v) is 15.0. The highest BCUT2D eigenvalue weighted by Crippen LogP contribution is 2.26. The van der Waals surface area contributed by atoms with Crippen LogP contribution in [0.25, 0.3) is 5.69 Å². The zero-order valence-electron chi connectivity index (χ0n) is 14.2. The molecule has 0 atom stereocenters. The summed E-state index contributed by atoms with van der Waals surface area (Å²) in [5.41, 5.74) is 7.79. The summed E-state index contributed by atoms with van der Waals surface area (Å²) < 4.78 is 29.4. The number of ether oxygens (including phenoxy) is 1. The van der Waals surface area contributed by atoms with Gasteiger partial charge in [0.2, 0.25) is 0 Å². The minimum atomic E-state index is -2.94. The molecule has 8 nitrogen and oxygen atoms in total. The van der Waals surface area contributed by atoms with Gasteiger partial charge in [0.1, 0.15) is 6.07 Å². The molecule has 0 spiro atoms. The van der Waals surface area contributed by atoms with Crippen molar-refractivity contribution in [3.05, 3.63) is 41.7 Å². The Kier molecular flexibility index (Phi) is 4.61. The molecule has 0 bridgehead atoms. The van der Waals surface area contributed by atoms with Crippen molar-refractivity contribution >= 4 is 27.2 Å². The van der Waals surface area contributed by atoms with Gasteiger partial charge in [0.25, 0.3) is 0 Å². The number of hydrogen-bond donors (Lipinski definition) is 1. The zero-order chi connectivity index (χ0) is 18.9. The molecule has 1 aromatic carbocycles. The molecule has 26 heavy (non-hydrogen) atoms. The first-order chi connectivity index (χ1) is 12.4. The number of methoxy groups -OCH3 is 1. The highest BCUT2D eigenvalue weighted by molar-refractivity contribution is 7.91. The number of carbonyl (C=O) groups excluding carboxylic acids is 1. The Balaban J connectivity index is 1.92. The quantitative estimate of drug-likeness (QED) is 0.795. The summed E-state index contributed by atoms with van der Waals surface area (Å²) in [7, 11) is -1.69. The number of esters is 1. The Bertz CT molecular complexity index is 973. The summed E-state index contributed by atoms with van der Waals surface area (Å²) >= 11 is 0. The maximum Gasteiger partial charge on any atom is 0.357 e. The first-order valence-electron chi connectivity index (χ1n) is 7.91. The molecule has 2 aromatic rings. The van der Waals surface area contributed by atoms with Gasteiger partial charge in [-0.15, -0.1) is 0 Å². The monoisotopic (exact) mass is 374 g/mol. The van der Waals surface area contributed by atoms with E-state index in [1.54, 1.807) is 12.1 Å². The molecular formula is C17H18N4O4S. The van der Waals surface area contributed by atoms with Crippen molar-refractivity contribution in [3.63, 3.8) is 0 Å². The largest absolute Gasteiger partial charge is 0.464 e. The predicted molar refractivity (Wildman–Crippen MR) is 97.1 cm³/mol. The van der Waals surface area contributed by atoms with Crippen LogP contribution in [-0.4, -0.2) is 50.7 Å². The number of nitrogens with zero attached hydrogens (tertiary/aromatic N) is 3. The molecule has 0 aliphatic carbocycles. The van der Waals surface area contributed by atoms with Crippen molar-refractivity contribution in [3.8, 4) is 11.8 Å². The van der Waals surface area contributed by atoms with Crippen LogP contribution in [0.3, 0.4) is 0 Å². The fourth-order valence-electron chi connectivity index (χ4n) is 2.91. The molecule has 1 aliphatic rings. The lowest BCUT2D eigenvalue weighted by Gasteiger charge is -2.28. The van der Waals surface area contributed by atoms with Crippen LogP contribution in [0.2, 0.25) is 0 Å². The van der Waals surface area contributed by atoms with Crippen LogP contribution in [0.1, 0.15) is 16.1 Å². The minimum Gasteiger partial charge on any atom is -0.464 e. The molecule has 1 fully saturated rings. The molecule has 0 saturated carbocycles. The topological polar surface area (TPSA) is 118 Å². The van der Waals surface area contributed by atoms with Crippen molar-refractivity contribution in [2.45, 2.75) is 0 Å². The number of sulfone groups is 1. The molecule has 3 rings (SSSR count). The van der Waals surface area contributed by atoms with E-state index in [1.165, 1.54) is 17.9 Å². The van der Waals surface area contributed by atoms with E-state index in [-0.39, 0.29) is 28.5 Å². The van der Waals surface area contributed by atoms with E-state index in [1.807, 2.05) is 23.1 Å². The summed E-state index contributed by atoms with van der Waals surface area (Å²) in [5, 5.41) is 9.16. The van der Waals surface area contributed by atoms with Gasteiger partial charge in [0.05, 0.1) is 29.9 Å². The lowest BCUT2D eigenvalue weighted by molar-refractivity contribution is 0.0593. The van der Waals surface area contributed by atoms with Crippen molar-refractivity contribution in [2.75, 3.05) is 42.3 Å². The van der Waals surface area contributed by atoms with Gasteiger partial charge in [-0.25, -0.2) is 13.2 Å². The highest BCUT2D eigenvalue weighted by atomic mass is 32.2. The third-order valence-corrected chi connectivity index (χ3v) is 5.99. The van der Waals surface area contributed by atoms with Gasteiger partial charge in [0, 0.05) is 30.7 Å². The van der Waals surface area contributed by atoms with E-state index in [4.69, 9.17) is 15.7 Å². The van der Waals surface area contributed by atoms with Crippen molar-refractivity contribution in [1.29, 1.82) is 5.26 Å². The van der Waals surface area contributed by atoms with Crippen LogP contribution in [0, 0.1) is 11.3 Å². The van der Waals surface area contributed by atoms with Crippen LogP contribution in [0.15, 0.2) is 30.5 Å². The summed E-state index contributed by atoms with van der Waals surface area (Å²) in [4.78, 5) is 14.0. The second-order valence-electron chi connectivity index (χ2n) is 5.93. The van der Waals surface area contributed by atoms with E-state index in [9.17, 15) is 13.2 Å². The summed E-state index contributed by atoms with van der Waals surface area (Å²) in [5.74, 6) is -0.351. The number of nitriles is 1. The Labute approximate surface area is 151 Å². The molecular weight excluding hydrogens is 356 g/mol. The van der Waals surface area contributed by atoms with Crippen molar-refractivity contribution < 1.29 is 17.9 Å². The number of anilines is 2. The van der Waals surface area contributed by atoms with Gasteiger partial charge < -0.3 is 19.9 Å². The van der Waals surface area contributed by atoms with E-state index in [2.05, 4.69) is 0 Å². The van der Waals surface area contributed by atoms with Gasteiger partial charge >= 0.3 is 5.97 Å². The lowest BCUT2D eigenvalue weighted by atomic mass is 10.2. The van der Waals surface area contributed by atoms with Gasteiger partial charge in [-0.05, 0) is 24.3 Å². The molecule has 1 aromatic heterocycles. The number of hydrogen-bond acceptors (Lipinski definition) is 7. The van der Waals surface area contributed by atoms with E-state index >= 15 is 0 Å². The summed E-state index contributed by atoms with van der Waals surface area (Å²) in [6.07, 6.45) is 1.49. The van der Waals surface area contributed by atoms with Crippen molar-refractivity contribution in [1.82, 2.24) is 4.57 Å². The van der Waals surface area contributed by atoms with Gasteiger partial charge in [0.15, 0.2) is 15.5 Å². The number of aromatic nitrogens is 1. The third kappa shape index (κ3) is 3.23. The fourth-order valence-corrected chi connectivity index (χ4v) is 4.11. The Morgan fingerprint density at radius 1 is 1.19 bits per heavy atom. The molecule has 9 heteroatoms. The molecule has 0 unspecified atom stereocenters. The Morgan fingerprint density at radius 3 is 2.31 bits per heavy atom. The van der Waals surface area contributed by atoms with Gasteiger partial charge in [-0.1, -0.05) is 0 Å². The average molecular weight is 374 g/mol. The maximum atomic E-state index is 12.0. The number of rotatable bonds is 3. The molecule has 2 N–H and O–H groups in total. The average Bonchev–Trinajstić information content (AvgIpc) is 2.98. The second-order valence-corrected chi connectivity index (χ2v) is 8.24. The molecule has 0 radical (unpaired) electrons. The molecule has 0 amide bonds. The van der Waals surface area contributed by atoms with E-state index in [0.29, 0.717) is 18.8 Å². The lowest BCUT2D eigenvalue weighted by Crippen LogP contribution is -2.40. The highest BCUT2D eigenvalue weighted by Gasteiger charge is 2.23. The third-order valence-electron chi connectivity index (χ3n) is 4.38. The van der Waals surface area contributed by atoms with Gasteiger partial charge in [-0.3, -0.25) is 0 Å². The first-order valence-corrected chi connectivity index (χ1v) is 9.73. The van der Waals surface area contributed by atoms with Crippen LogP contribution in [0.5, 0.6) is 0 Å². The fraction of sp³-hybridized carbons (Fsp3) is 0.294. The predicted octanol–water partition coefficient (Wildman–Crippen LogP) is 0.953. The number of benzene rings is 1. The van der Waals surface area contributed by atoms with E-state index < -0.39 is 15.8 Å². The smallest absolute Gasteiger partial charge is 0.357 e. The van der Waals surface area contributed by atoms with Crippen LogP contribution in [0.4, 0.5) is 11.4 Å². The van der Waals surface area contributed by atoms with E-state index in [0.717, 1.165) is 5.69 Å². The Hall–Kier alpha value is -2.99. The summed E-state index contributed by atoms with van der Waals surface area (Å²) in [6.45, 7) is 0.897. The van der Waals surface area contributed by atoms with Gasteiger partial charge in [-0.2, -0.15) is 5.26 Å². The Morgan fingerprint density at radius 2 is 1.77 bits per heavy atom. The van der Waals surface area contributed by atoms with Crippen LogP contribution >= 0.6 is 0 Å².